The van der Waals surface area contributed by atoms with E-state index < -0.39 is 11.0 Å². The van der Waals surface area contributed by atoms with E-state index >= 15 is 0 Å². The van der Waals surface area contributed by atoms with Crippen LogP contribution in [0.15, 0.2) is 25.3 Å². The summed E-state index contributed by atoms with van der Waals surface area (Å²) in [4.78, 5) is 22.5. The van der Waals surface area contributed by atoms with Gasteiger partial charge in [-0.25, -0.2) is 0 Å². The van der Waals surface area contributed by atoms with Crippen molar-refractivity contribution >= 4 is 22.8 Å². The van der Waals surface area contributed by atoms with Gasteiger partial charge in [0.15, 0.2) is 11.6 Å². The third kappa shape index (κ3) is 7.47. The van der Waals surface area contributed by atoms with E-state index in [4.69, 9.17) is 30.5 Å². The first kappa shape index (κ1) is 24.0. The lowest BCUT2D eigenvalue weighted by Crippen LogP contribution is -2.46. The number of piperidine rings is 2. The minimum Gasteiger partial charge on any atom is -0.347 e. The standard InChI is InChI=1S/C10H15NO3.C7H13NO2.C3H3ClO/c1-2-9(12)11-5-3-10(4-6-11)13-7-8-14-10;1-3-8-4-2-7(1)9-5-6-10-7;1-2-3(4)5/h2H,1,3-8H2;8H,1-6H2;2H,1H2. The van der Waals surface area contributed by atoms with E-state index in [1.807, 2.05) is 0 Å². The molecule has 4 aliphatic rings. The summed E-state index contributed by atoms with van der Waals surface area (Å²) in [5.74, 6) is -0.582. The van der Waals surface area contributed by atoms with E-state index in [0.29, 0.717) is 26.3 Å². The van der Waals surface area contributed by atoms with Crippen molar-refractivity contribution in [3.05, 3.63) is 25.3 Å². The van der Waals surface area contributed by atoms with Crippen molar-refractivity contribution in [3.8, 4) is 0 Å². The monoisotopic (exact) mass is 430 g/mol. The van der Waals surface area contributed by atoms with Crippen molar-refractivity contribution in [1.29, 1.82) is 0 Å². The summed E-state index contributed by atoms with van der Waals surface area (Å²) in [7, 11) is 0. The van der Waals surface area contributed by atoms with E-state index in [1.54, 1.807) is 4.90 Å². The lowest BCUT2D eigenvalue weighted by atomic mass is 10.0. The van der Waals surface area contributed by atoms with Gasteiger partial charge in [0.2, 0.25) is 11.1 Å². The van der Waals surface area contributed by atoms with Crippen LogP contribution in [-0.2, 0) is 28.5 Å². The number of allylic oxidation sites excluding steroid dienone is 1. The average molecular weight is 431 g/mol. The molecule has 0 bridgehead atoms. The van der Waals surface area contributed by atoms with Crippen molar-refractivity contribution in [2.45, 2.75) is 37.3 Å². The molecule has 9 heteroatoms. The zero-order valence-corrected chi connectivity index (χ0v) is 17.6. The fourth-order valence-electron chi connectivity index (χ4n) is 3.58. The number of ether oxygens (including phenoxy) is 4. The van der Waals surface area contributed by atoms with E-state index in [-0.39, 0.29) is 11.7 Å². The van der Waals surface area contributed by atoms with Gasteiger partial charge in [-0.3, -0.25) is 9.59 Å². The number of amides is 1. The van der Waals surface area contributed by atoms with Gasteiger partial charge in [0.1, 0.15) is 0 Å². The van der Waals surface area contributed by atoms with Gasteiger partial charge in [-0.05, 0) is 23.8 Å². The molecular weight excluding hydrogens is 400 g/mol. The zero-order valence-electron chi connectivity index (χ0n) is 16.8. The second-order valence-electron chi connectivity index (χ2n) is 7.00. The number of nitrogens with one attached hydrogen (secondary N) is 1. The van der Waals surface area contributed by atoms with Crippen LogP contribution in [0.3, 0.4) is 0 Å². The van der Waals surface area contributed by atoms with Gasteiger partial charge in [-0.1, -0.05) is 13.2 Å². The highest BCUT2D eigenvalue weighted by atomic mass is 35.5. The highest BCUT2D eigenvalue weighted by molar-refractivity contribution is 6.66. The smallest absolute Gasteiger partial charge is 0.245 e. The number of halogens is 1. The molecule has 0 aromatic rings. The Morgan fingerprint density at radius 3 is 1.62 bits per heavy atom. The Kier molecular flexibility index (Phi) is 9.74. The third-order valence-electron chi connectivity index (χ3n) is 5.16. The maximum absolute atomic E-state index is 11.3. The number of rotatable bonds is 2. The first-order valence-corrected chi connectivity index (χ1v) is 10.3. The van der Waals surface area contributed by atoms with Crippen LogP contribution in [-0.4, -0.2) is 80.2 Å². The molecule has 4 fully saturated rings. The molecule has 2 spiro atoms. The van der Waals surface area contributed by atoms with Crippen LogP contribution in [0.2, 0.25) is 0 Å². The molecule has 0 saturated carbocycles. The fraction of sp³-hybridized carbons (Fsp3) is 0.700. The third-order valence-corrected chi connectivity index (χ3v) is 5.32. The number of hydrogen-bond acceptors (Lipinski definition) is 7. The molecule has 0 aromatic heterocycles. The van der Waals surface area contributed by atoms with Crippen molar-refractivity contribution in [3.63, 3.8) is 0 Å². The molecule has 1 N–H and O–H groups in total. The summed E-state index contributed by atoms with van der Waals surface area (Å²) in [6, 6.07) is 0. The molecular formula is C20H31ClN2O6. The van der Waals surface area contributed by atoms with Crippen molar-refractivity contribution in [2.24, 2.45) is 0 Å². The molecule has 4 rings (SSSR count). The molecule has 0 radical (unpaired) electrons. The Morgan fingerprint density at radius 2 is 1.24 bits per heavy atom. The van der Waals surface area contributed by atoms with Crippen molar-refractivity contribution in [2.75, 3.05) is 52.6 Å². The number of carbonyl (C=O) groups excluding carboxylic acids is 2. The van der Waals surface area contributed by atoms with Gasteiger partial charge < -0.3 is 29.2 Å². The second kappa shape index (κ2) is 11.8. The molecule has 1 amide bonds. The summed E-state index contributed by atoms with van der Waals surface area (Å²) in [5, 5.41) is 2.77. The Hall–Kier alpha value is -1.29. The molecule has 0 unspecified atom stereocenters. The Morgan fingerprint density at radius 1 is 0.828 bits per heavy atom. The second-order valence-corrected chi connectivity index (χ2v) is 7.38. The molecule has 8 nitrogen and oxygen atoms in total. The summed E-state index contributed by atoms with van der Waals surface area (Å²) in [5.41, 5.74) is 0. The summed E-state index contributed by atoms with van der Waals surface area (Å²) < 4.78 is 22.2. The molecule has 4 aliphatic heterocycles. The van der Waals surface area contributed by atoms with Crippen LogP contribution < -0.4 is 5.32 Å². The minimum atomic E-state index is -0.509. The zero-order chi connectivity index (χ0) is 21.2. The van der Waals surface area contributed by atoms with Crippen LogP contribution >= 0.6 is 11.6 Å². The molecule has 4 saturated heterocycles. The van der Waals surface area contributed by atoms with E-state index in [9.17, 15) is 9.59 Å². The highest BCUT2D eigenvalue weighted by Crippen LogP contribution is 2.31. The normalized spacial score (nSPS) is 24.1. The van der Waals surface area contributed by atoms with Crippen molar-refractivity contribution < 1.29 is 28.5 Å². The first-order valence-electron chi connectivity index (χ1n) is 9.94. The molecule has 29 heavy (non-hydrogen) atoms. The predicted octanol–water partition coefficient (Wildman–Crippen LogP) is 1.59. The van der Waals surface area contributed by atoms with E-state index in [2.05, 4.69) is 18.5 Å². The fourth-order valence-corrected chi connectivity index (χ4v) is 3.58. The van der Waals surface area contributed by atoms with Crippen LogP contribution in [0.5, 0.6) is 0 Å². The molecule has 4 heterocycles. The van der Waals surface area contributed by atoms with Gasteiger partial charge in [0.05, 0.1) is 26.4 Å². The van der Waals surface area contributed by atoms with Crippen LogP contribution in [0.25, 0.3) is 0 Å². The van der Waals surface area contributed by atoms with Gasteiger partial charge in [0.25, 0.3) is 0 Å². The summed E-state index contributed by atoms with van der Waals surface area (Å²) >= 11 is 4.71. The number of nitrogens with zero attached hydrogens (tertiary/aromatic N) is 1. The number of carbonyl (C=O) groups is 2. The maximum atomic E-state index is 11.3. The van der Waals surface area contributed by atoms with Crippen LogP contribution in [0, 0.1) is 0 Å². The first-order chi connectivity index (χ1) is 13.9. The largest absolute Gasteiger partial charge is 0.347 e. The quantitative estimate of drug-likeness (QED) is 0.525. The minimum absolute atomic E-state index is 0.00199. The van der Waals surface area contributed by atoms with Gasteiger partial charge in [0, 0.05) is 51.9 Å². The molecule has 164 valence electrons. The van der Waals surface area contributed by atoms with Gasteiger partial charge in [-0.2, -0.15) is 0 Å². The predicted molar refractivity (Wildman–Crippen MR) is 108 cm³/mol. The number of hydrogen-bond donors (Lipinski definition) is 1. The summed E-state index contributed by atoms with van der Waals surface area (Å²) in [6.45, 7) is 12.9. The highest BCUT2D eigenvalue weighted by Gasteiger charge is 2.40. The lowest BCUT2D eigenvalue weighted by Gasteiger charge is -2.37. The molecule has 0 aliphatic carbocycles. The average Bonchev–Trinajstić information content (AvgIpc) is 3.40. The van der Waals surface area contributed by atoms with Crippen LogP contribution in [0.4, 0.5) is 0 Å². The van der Waals surface area contributed by atoms with E-state index in [1.165, 1.54) is 6.08 Å². The topological polar surface area (TPSA) is 86.3 Å². The maximum Gasteiger partial charge on any atom is 0.245 e. The molecule has 0 aromatic carbocycles. The lowest BCUT2D eigenvalue weighted by molar-refractivity contribution is -0.186. The van der Waals surface area contributed by atoms with Crippen molar-refractivity contribution in [1.82, 2.24) is 10.2 Å². The van der Waals surface area contributed by atoms with Gasteiger partial charge >= 0.3 is 0 Å². The van der Waals surface area contributed by atoms with Gasteiger partial charge in [-0.15, -0.1) is 0 Å². The van der Waals surface area contributed by atoms with E-state index in [0.717, 1.165) is 58.1 Å². The van der Waals surface area contributed by atoms with Crippen LogP contribution in [0.1, 0.15) is 25.7 Å². The summed E-state index contributed by atoms with van der Waals surface area (Å²) in [6.07, 6.45) is 5.95. The Balaban J connectivity index is 0.000000175. The Bertz CT molecular complexity index is 555. The SMILES string of the molecule is C1CC2(CCN1)OCCO2.C=CC(=O)Cl.C=CC(=O)N1CCC2(CC1)OCCO2. The molecule has 0 atom stereocenters. The Labute approximate surface area is 177 Å². The number of likely N-dealkylation sites (tertiary alicyclic amines) is 1.